The van der Waals surface area contributed by atoms with Gasteiger partial charge in [0.15, 0.2) is 0 Å². The van der Waals surface area contributed by atoms with E-state index < -0.39 is 17.7 Å². The van der Waals surface area contributed by atoms with E-state index in [2.05, 4.69) is 16.2 Å². The molecule has 0 aliphatic carbocycles. The van der Waals surface area contributed by atoms with E-state index in [-0.39, 0.29) is 11.3 Å². The molecule has 1 aromatic heterocycles. The van der Waals surface area contributed by atoms with Crippen molar-refractivity contribution >= 4 is 58.2 Å². The van der Waals surface area contributed by atoms with Crippen molar-refractivity contribution in [1.82, 2.24) is 15.4 Å². The van der Waals surface area contributed by atoms with Crippen molar-refractivity contribution in [3.05, 3.63) is 80.6 Å². The number of carbonyl (C=O) groups excluding carboxylic acids is 3. The van der Waals surface area contributed by atoms with Crippen molar-refractivity contribution in [3.8, 4) is 5.69 Å². The van der Waals surface area contributed by atoms with Crippen LogP contribution in [-0.4, -0.2) is 22.3 Å². The number of nitrogens with zero attached hydrogens (tertiary/aromatic N) is 1. The summed E-state index contributed by atoms with van der Waals surface area (Å²) in [5, 5.41) is 3.90. The average molecular weight is 480 g/mol. The van der Waals surface area contributed by atoms with E-state index in [1.54, 1.807) is 54.2 Å². The van der Waals surface area contributed by atoms with E-state index >= 15 is 0 Å². The number of carbonyl (C=O) groups is 3. The van der Waals surface area contributed by atoms with E-state index in [0.29, 0.717) is 31.9 Å². The Morgan fingerprint density at radius 3 is 2.26 bits per heavy atom. The van der Waals surface area contributed by atoms with Crippen LogP contribution in [0, 0.1) is 6.92 Å². The van der Waals surface area contributed by atoms with E-state index in [0.717, 1.165) is 0 Å². The Morgan fingerprint density at radius 1 is 0.935 bits per heavy atom. The topological polar surface area (TPSA) is 92.2 Å². The zero-order chi connectivity index (χ0) is 22.7. The Morgan fingerprint density at radius 2 is 1.61 bits per heavy atom. The van der Waals surface area contributed by atoms with E-state index in [4.69, 9.17) is 34.8 Å². The molecule has 160 valence electrons. The number of benzene rings is 2. The van der Waals surface area contributed by atoms with Gasteiger partial charge in [-0.3, -0.25) is 25.2 Å². The third kappa shape index (κ3) is 5.19. The summed E-state index contributed by atoms with van der Waals surface area (Å²) in [6, 6.07) is 9.72. The van der Waals surface area contributed by atoms with Crippen molar-refractivity contribution in [2.75, 3.05) is 5.32 Å². The van der Waals surface area contributed by atoms with Gasteiger partial charge in [0.1, 0.15) is 0 Å². The first-order valence-corrected chi connectivity index (χ1v) is 10.1. The molecule has 3 rings (SSSR count). The summed E-state index contributed by atoms with van der Waals surface area (Å²) < 4.78 is 1.64. The van der Waals surface area contributed by atoms with Gasteiger partial charge in [0.05, 0.1) is 32.5 Å². The first-order valence-electron chi connectivity index (χ1n) is 8.98. The van der Waals surface area contributed by atoms with Crippen molar-refractivity contribution in [2.45, 2.75) is 13.8 Å². The highest BCUT2D eigenvalue weighted by Gasteiger charge is 2.19. The average Bonchev–Trinajstić information content (AvgIpc) is 3.17. The molecule has 0 bridgehead atoms. The molecule has 0 saturated carbocycles. The van der Waals surface area contributed by atoms with Gasteiger partial charge in [-0.05, 0) is 42.8 Å². The molecule has 0 atom stereocenters. The largest absolute Gasteiger partial charge is 0.321 e. The number of amides is 3. The maximum atomic E-state index is 12.9. The minimum atomic E-state index is -0.628. The Labute approximate surface area is 193 Å². The summed E-state index contributed by atoms with van der Waals surface area (Å²) in [5.41, 5.74) is 6.26. The van der Waals surface area contributed by atoms with Crippen molar-refractivity contribution < 1.29 is 14.4 Å². The molecule has 0 aliphatic rings. The highest BCUT2D eigenvalue weighted by molar-refractivity contribution is 6.37. The zero-order valence-corrected chi connectivity index (χ0v) is 18.7. The van der Waals surface area contributed by atoms with Crippen molar-refractivity contribution in [2.24, 2.45) is 0 Å². The van der Waals surface area contributed by atoms with Gasteiger partial charge in [-0.1, -0.05) is 40.9 Å². The van der Waals surface area contributed by atoms with Crippen LogP contribution in [0.1, 0.15) is 33.2 Å². The van der Waals surface area contributed by atoms with Crippen LogP contribution in [-0.2, 0) is 4.79 Å². The normalized spacial score (nSPS) is 10.5. The Kier molecular flexibility index (Phi) is 6.90. The van der Waals surface area contributed by atoms with Crippen LogP contribution < -0.4 is 16.2 Å². The van der Waals surface area contributed by atoms with Crippen LogP contribution in [0.5, 0.6) is 0 Å². The maximum absolute atomic E-state index is 12.9. The molecule has 0 spiro atoms. The fraction of sp³-hybridized carbons (Fsp3) is 0.0952. The number of halogens is 3. The number of aryl methyl sites for hydroxylation is 1. The number of para-hydroxylation sites is 1. The maximum Gasteiger partial charge on any atom is 0.271 e. The predicted octanol–water partition coefficient (Wildman–Crippen LogP) is 4.78. The molecule has 0 fully saturated rings. The van der Waals surface area contributed by atoms with Gasteiger partial charge in [0.25, 0.3) is 11.8 Å². The second kappa shape index (κ2) is 9.43. The van der Waals surface area contributed by atoms with Gasteiger partial charge in [-0.15, -0.1) is 0 Å². The minimum absolute atomic E-state index is 0.0979. The summed E-state index contributed by atoms with van der Waals surface area (Å²) in [6.07, 6.45) is 3.23. The fourth-order valence-electron chi connectivity index (χ4n) is 2.89. The van der Waals surface area contributed by atoms with Crippen LogP contribution in [0.4, 0.5) is 5.69 Å². The molecule has 2 aromatic carbocycles. The standard InChI is InChI=1S/C21H17Cl3N4O3/c1-11-8-14(22)9-15(21(31)27-26-12(2)29)18(11)25-20(30)13-6-7-28(10-13)19-16(23)4-3-5-17(19)24/h3-10H,1-2H3,(H,25,30)(H,26,29)(H,27,31). The Bertz CT molecular complexity index is 1170. The highest BCUT2D eigenvalue weighted by Crippen LogP contribution is 2.30. The summed E-state index contributed by atoms with van der Waals surface area (Å²) in [6.45, 7) is 2.95. The van der Waals surface area contributed by atoms with Crippen LogP contribution >= 0.6 is 34.8 Å². The molecule has 3 aromatic rings. The molecular formula is C21H17Cl3N4O3. The molecule has 1 heterocycles. The van der Waals surface area contributed by atoms with Crippen LogP contribution in [0.2, 0.25) is 15.1 Å². The summed E-state index contributed by atoms with van der Waals surface area (Å²) in [5.74, 6) is -1.53. The van der Waals surface area contributed by atoms with Crippen molar-refractivity contribution in [3.63, 3.8) is 0 Å². The molecule has 31 heavy (non-hydrogen) atoms. The lowest BCUT2D eigenvalue weighted by molar-refractivity contribution is -0.119. The number of hydrogen-bond acceptors (Lipinski definition) is 3. The predicted molar refractivity (Wildman–Crippen MR) is 121 cm³/mol. The number of aromatic nitrogens is 1. The van der Waals surface area contributed by atoms with Crippen LogP contribution in [0.15, 0.2) is 48.8 Å². The summed E-state index contributed by atoms with van der Waals surface area (Å²) >= 11 is 18.5. The number of nitrogens with one attached hydrogen (secondary N) is 3. The summed E-state index contributed by atoms with van der Waals surface area (Å²) in [4.78, 5) is 36.5. The molecule has 0 aliphatic heterocycles. The lowest BCUT2D eigenvalue weighted by Crippen LogP contribution is -2.40. The van der Waals surface area contributed by atoms with Gasteiger partial charge < -0.3 is 9.88 Å². The molecule has 0 saturated heterocycles. The van der Waals surface area contributed by atoms with Crippen LogP contribution in [0.25, 0.3) is 5.69 Å². The number of hydrazine groups is 1. The molecule has 7 nitrogen and oxygen atoms in total. The minimum Gasteiger partial charge on any atom is -0.321 e. The highest BCUT2D eigenvalue weighted by atomic mass is 35.5. The first-order chi connectivity index (χ1) is 14.7. The first kappa shape index (κ1) is 22.7. The summed E-state index contributed by atoms with van der Waals surface area (Å²) in [7, 11) is 0. The lowest BCUT2D eigenvalue weighted by atomic mass is 10.1. The van der Waals surface area contributed by atoms with E-state index in [1.165, 1.54) is 13.0 Å². The van der Waals surface area contributed by atoms with Crippen molar-refractivity contribution in [1.29, 1.82) is 0 Å². The van der Waals surface area contributed by atoms with Crippen LogP contribution in [0.3, 0.4) is 0 Å². The van der Waals surface area contributed by atoms with Gasteiger partial charge in [0.2, 0.25) is 5.91 Å². The number of rotatable bonds is 4. The lowest BCUT2D eigenvalue weighted by Gasteiger charge is -2.14. The monoisotopic (exact) mass is 478 g/mol. The fourth-order valence-corrected chi connectivity index (χ4v) is 3.76. The smallest absolute Gasteiger partial charge is 0.271 e. The third-order valence-corrected chi connectivity index (χ3v) is 5.11. The SMILES string of the molecule is CC(=O)NNC(=O)c1cc(Cl)cc(C)c1NC(=O)c1ccn(-c2c(Cl)cccc2Cl)c1. The molecular weight excluding hydrogens is 463 g/mol. The Hall–Kier alpha value is -3.00. The van der Waals surface area contributed by atoms with Gasteiger partial charge in [-0.2, -0.15) is 0 Å². The second-order valence-corrected chi connectivity index (χ2v) is 7.86. The Balaban J connectivity index is 1.90. The third-order valence-electron chi connectivity index (χ3n) is 4.29. The molecule has 3 amide bonds. The quantitative estimate of drug-likeness (QED) is 0.470. The number of hydrogen-bond donors (Lipinski definition) is 3. The van der Waals surface area contributed by atoms with Gasteiger partial charge in [0, 0.05) is 24.3 Å². The van der Waals surface area contributed by atoms with Gasteiger partial charge in [-0.25, -0.2) is 0 Å². The molecule has 0 unspecified atom stereocenters. The molecule has 3 N–H and O–H groups in total. The second-order valence-electron chi connectivity index (χ2n) is 6.61. The van der Waals surface area contributed by atoms with Gasteiger partial charge >= 0.3 is 0 Å². The molecule has 10 heteroatoms. The van der Waals surface area contributed by atoms with E-state index in [9.17, 15) is 14.4 Å². The van der Waals surface area contributed by atoms with E-state index in [1.807, 2.05) is 0 Å². The number of anilines is 1. The zero-order valence-electron chi connectivity index (χ0n) is 16.4. The molecule has 0 radical (unpaired) electrons.